The average Bonchev–Trinajstić information content (AvgIpc) is 2.35. The van der Waals surface area contributed by atoms with Gasteiger partial charge in [-0.25, -0.2) is 4.79 Å². The van der Waals surface area contributed by atoms with Crippen LogP contribution in [0.25, 0.3) is 0 Å². The Morgan fingerprint density at radius 2 is 2.00 bits per heavy atom. The lowest BCUT2D eigenvalue weighted by Crippen LogP contribution is -2.43. The highest BCUT2D eigenvalue weighted by Crippen LogP contribution is 2.13. The molecule has 2 N–H and O–H groups in total. The Morgan fingerprint density at radius 1 is 1.37 bits per heavy atom. The highest BCUT2D eigenvalue weighted by atomic mass is 16.5. The Bertz CT molecular complexity index is 299. The highest BCUT2D eigenvalue weighted by molar-refractivity contribution is 5.78. The van der Waals surface area contributed by atoms with Crippen LogP contribution in [0.15, 0.2) is 0 Å². The number of piperidine rings is 1. The van der Waals surface area contributed by atoms with E-state index in [0.717, 1.165) is 25.9 Å². The fourth-order valence-electron chi connectivity index (χ4n) is 2.00. The summed E-state index contributed by atoms with van der Waals surface area (Å²) in [5.74, 6) is -0.423. The van der Waals surface area contributed by atoms with E-state index in [4.69, 9.17) is 9.84 Å². The molecule has 0 unspecified atom stereocenters. The standard InChI is InChI=1S/C13H24N2O4/c1-10(2)7-14-12(16)8-15-5-3-11(4-6-15)19-9-13(17)18/h10-11H,3-9H2,1-2H3,(H,14,16)(H,17,18). The third-order valence-electron chi connectivity index (χ3n) is 3.05. The van der Waals surface area contributed by atoms with Crippen molar-refractivity contribution >= 4 is 11.9 Å². The molecular formula is C13H24N2O4. The third-order valence-corrected chi connectivity index (χ3v) is 3.05. The second-order valence-corrected chi connectivity index (χ2v) is 5.38. The molecule has 1 amide bonds. The Kier molecular flexibility index (Phi) is 6.80. The summed E-state index contributed by atoms with van der Waals surface area (Å²) in [5.41, 5.74) is 0. The lowest BCUT2D eigenvalue weighted by Gasteiger charge is -2.31. The van der Waals surface area contributed by atoms with Crippen molar-refractivity contribution in [1.82, 2.24) is 10.2 Å². The van der Waals surface area contributed by atoms with Gasteiger partial charge in [0.05, 0.1) is 12.6 Å². The van der Waals surface area contributed by atoms with Crippen molar-refractivity contribution in [2.24, 2.45) is 5.92 Å². The largest absolute Gasteiger partial charge is 0.480 e. The van der Waals surface area contributed by atoms with Gasteiger partial charge in [0.25, 0.3) is 0 Å². The van der Waals surface area contributed by atoms with Crippen molar-refractivity contribution in [3.05, 3.63) is 0 Å². The summed E-state index contributed by atoms with van der Waals surface area (Å²) in [6, 6.07) is 0. The number of nitrogens with one attached hydrogen (secondary N) is 1. The van der Waals surface area contributed by atoms with Crippen LogP contribution in [0.4, 0.5) is 0 Å². The van der Waals surface area contributed by atoms with Gasteiger partial charge in [-0.1, -0.05) is 13.8 Å². The first-order valence-corrected chi connectivity index (χ1v) is 6.80. The maximum absolute atomic E-state index is 11.7. The average molecular weight is 272 g/mol. The van der Waals surface area contributed by atoms with E-state index in [-0.39, 0.29) is 18.6 Å². The molecule has 0 bridgehead atoms. The molecule has 1 aliphatic heterocycles. The number of hydrogen-bond donors (Lipinski definition) is 2. The van der Waals surface area contributed by atoms with Crippen LogP contribution in [0.1, 0.15) is 26.7 Å². The lowest BCUT2D eigenvalue weighted by atomic mass is 10.1. The summed E-state index contributed by atoms with van der Waals surface area (Å²) in [6.45, 7) is 6.56. The van der Waals surface area contributed by atoms with Gasteiger partial charge >= 0.3 is 5.97 Å². The van der Waals surface area contributed by atoms with Crippen molar-refractivity contribution in [3.8, 4) is 0 Å². The van der Waals surface area contributed by atoms with Gasteiger partial charge in [-0.15, -0.1) is 0 Å². The van der Waals surface area contributed by atoms with E-state index in [1.165, 1.54) is 0 Å². The number of rotatable bonds is 7. The van der Waals surface area contributed by atoms with Gasteiger partial charge in [0, 0.05) is 19.6 Å². The summed E-state index contributed by atoms with van der Waals surface area (Å²) < 4.78 is 5.25. The highest BCUT2D eigenvalue weighted by Gasteiger charge is 2.21. The third kappa shape index (κ3) is 7.12. The van der Waals surface area contributed by atoms with Crippen molar-refractivity contribution in [2.75, 3.05) is 32.8 Å². The molecule has 0 aliphatic carbocycles. The van der Waals surface area contributed by atoms with Crippen LogP contribution in [0, 0.1) is 5.92 Å². The minimum Gasteiger partial charge on any atom is -0.480 e. The molecule has 0 aromatic heterocycles. The quantitative estimate of drug-likeness (QED) is 0.698. The molecule has 1 fully saturated rings. The second-order valence-electron chi connectivity index (χ2n) is 5.38. The normalized spacial score (nSPS) is 17.6. The fourth-order valence-corrected chi connectivity index (χ4v) is 2.00. The van der Waals surface area contributed by atoms with E-state index in [9.17, 15) is 9.59 Å². The van der Waals surface area contributed by atoms with Crippen molar-refractivity contribution in [2.45, 2.75) is 32.8 Å². The Balaban J connectivity index is 2.15. The molecule has 1 heterocycles. The van der Waals surface area contributed by atoms with Gasteiger partial charge in [-0.3, -0.25) is 9.69 Å². The van der Waals surface area contributed by atoms with Crippen LogP contribution in [-0.4, -0.2) is 60.8 Å². The number of carboxylic acid groups (broad SMARTS) is 1. The molecule has 6 nitrogen and oxygen atoms in total. The maximum atomic E-state index is 11.7. The number of ether oxygens (including phenoxy) is 1. The predicted octanol–water partition coefficient (Wildman–Crippen LogP) is 0.324. The van der Waals surface area contributed by atoms with Gasteiger partial charge < -0.3 is 15.2 Å². The summed E-state index contributed by atoms with van der Waals surface area (Å²) in [7, 11) is 0. The first-order valence-electron chi connectivity index (χ1n) is 6.80. The van der Waals surface area contributed by atoms with Crippen LogP contribution >= 0.6 is 0 Å². The summed E-state index contributed by atoms with van der Waals surface area (Å²) in [4.78, 5) is 24.1. The lowest BCUT2D eigenvalue weighted by molar-refractivity contribution is -0.145. The van der Waals surface area contributed by atoms with Crippen molar-refractivity contribution < 1.29 is 19.4 Å². The number of carbonyl (C=O) groups is 2. The number of amides is 1. The van der Waals surface area contributed by atoms with Gasteiger partial charge in [0.15, 0.2) is 0 Å². The molecule has 0 radical (unpaired) electrons. The molecule has 0 saturated carbocycles. The molecular weight excluding hydrogens is 248 g/mol. The SMILES string of the molecule is CC(C)CNC(=O)CN1CCC(OCC(=O)O)CC1. The van der Waals surface area contributed by atoms with Gasteiger partial charge in [0.1, 0.15) is 6.61 Å². The summed E-state index contributed by atoms with van der Waals surface area (Å²) in [5, 5.41) is 11.4. The Labute approximate surface area is 114 Å². The molecule has 0 atom stereocenters. The van der Waals surface area contributed by atoms with Crippen molar-refractivity contribution in [1.29, 1.82) is 0 Å². The number of hydrogen-bond acceptors (Lipinski definition) is 4. The number of nitrogens with zero attached hydrogens (tertiary/aromatic N) is 1. The Morgan fingerprint density at radius 3 is 2.53 bits per heavy atom. The van der Waals surface area contributed by atoms with Gasteiger partial charge in [-0.2, -0.15) is 0 Å². The number of likely N-dealkylation sites (tertiary alicyclic amines) is 1. The van der Waals surface area contributed by atoms with E-state index in [1.54, 1.807) is 0 Å². The fraction of sp³-hybridized carbons (Fsp3) is 0.846. The monoisotopic (exact) mass is 272 g/mol. The summed E-state index contributed by atoms with van der Waals surface area (Å²) >= 11 is 0. The minimum absolute atomic E-state index is 0.00563. The number of carboxylic acids is 1. The Hall–Kier alpha value is -1.14. The van der Waals surface area contributed by atoms with Crippen molar-refractivity contribution in [3.63, 3.8) is 0 Å². The van der Waals surface area contributed by atoms with Crippen LogP contribution in [0.2, 0.25) is 0 Å². The van der Waals surface area contributed by atoms with Crippen LogP contribution in [-0.2, 0) is 14.3 Å². The topological polar surface area (TPSA) is 78.9 Å². The zero-order chi connectivity index (χ0) is 14.3. The zero-order valence-electron chi connectivity index (χ0n) is 11.7. The summed E-state index contributed by atoms with van der Waals surface area (Å²) in [6.07, 6.45) is 1.57. The molecule has 1 saturated heterocycles. The molecule has 0 spiro atoms. The van der Waals surface area contributed by atoms with Gasteiger partial charge in [-0.05, 0) is 18.8 Å². The number of aliphatic carboxylic acids is 1. The van der Waals surface area contributed by atoms with E-state index in [2.05, 4.69) is 24.1 Å². The predicted molar refractivity (Wildman–Crippen MR) is 70.9 cm³/mol. The minimum atomic E-state index is -0.935. The molecule has 110 valence electrons. The zero-order valence-corrected chi connectivity index (χ0v) is 11.7. The van der Waals surface area contributed by atoms with Gasteiger partial charge in [0.2, 0.25) is 5.91 Å². The van der Waals surface area contributed by atoms with E-state index in [0.29, 0.717) is 19.0 Å². The molecule has 1 aliphatic rings. The van der Waals surface area contributed by atoms with E-state index < -0.39 is 5.97 Å². The van der Waals surface area contributed by atoms with E-state index >= 15 is 0 Å². The first-order chi connectivity index (χ1) is 8.97. The second kappa shape index (κ2) is 8.12. The smallest absolute Gasteiger partial charge is 0.329 e. The molecule has 19 heavy (non-hydrogen) atoms. The van der Waals surface area contributed by atoms with E-state index in [1.807, 2.05) is 0 Å². The number of carbonyl (C=O) groups excluding carboxylic acids is 1. The molecule has 6 heteroatoms. The molecule has 0 aromatic rings. The first kappa shape index (κ1) is 15.9. The molecule has 0 aromatic carbocycles. The molecule has 1 rings (SSSR count). The van der Waals surface area contributed by atoms with Crippen LogP contribution in [0.3, 0.4) is 0 Å². The van der Waals surface area contributed by atoms with Crippen LogP contribution < -0.4 is 5.32 Å². The van der Waals surface area contributed by atoms with Crippen LogP contribution in [0.5, 0.6) is 0 Å². The maximum Gasteiger partial charge on any atom is 0.329 e.